The Labute approximate surface area is 131 Å². The maximum atomic E-state index is 12.4. The molecule has 2 rings (SSSR count). The summed E-state index contributed by atoms with van der Waals surface area (Å²) in [6.07, 6.45) is 0. The lowest BCUT2D eigenvalue weighted by Crippen LogP contribution is -2.26. The molecule has 22 heavy (non-hydrogen) atoms. The average Bonchev–Trinajstić information content (AvgIpc) is 2.54. The predicted octanol–water partition coefficient (Wildman–Crippen LogP) is 3.50. The average molecular weight is 299 g/mol. The fourth-order valence-electron chi connectivity index (χ4n) is 2.16. The van der Waals surface area contributed by atoms with Crippen LogP contribution in [0, 0.1) is 6.92 Å². The summed E-state index contributed by atoms with van der Waals surface area (Å²) in [5.41, 5.74) is 2.77. The lowest BCUT2D eigenvalue weighted by atomic mass is 10.1. The number of benzene rings is 2. The molecule has 4 heteroatoms. The summed E-state index contributed by atoms with van der Waals surface area (Å²) < 4.78 is 10.4. The second kappa shape index (κ2) is 6.98. The van der Waals surface area contributed by atoms with Gasteiger partial charge in [0.2, 0.25) is 0 Å². The normalized spacial score (nSPS) is 11.6. The van der Waals surface area contributed by atoms with E-state index in [1.54, 1.807) is 32.4 Å². The second-order valence-electron chi connectivity index (χ2n) is 5.21. The van der Waals surface area contributed by atoms with E-state index in [0.29, 0.717) is 17.1 Å². The van der Waals surface area contributed by atoms with Crippen LogP contribution in [-0.4, -0.2) is 20.1 Å². The van der Waals surface area contributed by atoms with Crippen LogP contribution in [0.25, 0.3) is 0 Å². The summed E-state index contributed by atoms with van der Waals surface area (Å²) in [7, 11) is 3.12. The van der Waals surface area contributed by atoms with E-state index in [9.17, 15) is 4.79 Å². The Kier molecular flexibility index (Phi) is 5.04. The summed E-state index contributed by atoms with van der Waals surface area (Å²) in [6.45, 7) is 4.00. The van der Waals surface area contributed by atoms with Crippen LogP contribution in [0.2, 0.25) is 0 Å². The Hall–Kier alpha value is -2.49. The Bertz CT molecular complexity index is 628. The van der Waals surface area contributed by atoms with Crippen LogP contribution in [0.5, 0.6) is 11.5 Å². The van der Waals surface area contributed by atoms with Crippen LogP contribution in [-0.2, 0) is 0 Å². The van der Waals surface area contributed by atoms with Gasteiger partial charge in [-0.15, -0.1) is 0 Å². The van der Waals surface area contributed by atoms with Crippen molar-refractivity contribution in [2.24, 2.45) is 0 Å². The van der Waals surface area contributed by atoms with E-state index < -0.39 is 0 Å². The summed E-state index contributed by atoms with van der Waals surface area (Å²) in [4.78, 5) is 12.4. The molecule has 0 aliphatic carbocycles. The molecule has 0 heterocycles. The molecule has 1 amide bonds. The molecule has 0 saturated heterocycles. The molecule has 0 unspecified atom stereocenters. The van der Waals surface area contributed by atoms with E-state index in [0.717, 1.165) is 5.56 Å². The molecule has 2 aromatic carbocycles. The zero-order chi connectivity index (χ0) is 16.1. The molecule has 0 aliphatic heterocycles. The van der Waals surface area contributed by atoms with E-state index in [1.807, 2.05) is 38.1 Å². The monoisotopic (exact) mass is 299 g/mol. The molecule has 0 spiro atoms. The molecule has 1 atom stereocenters. The molecule has 2 aromatic rings. The van der Waals surface area contributed by atoms with Gasteiger partial charge in [-0.2, -0.15) is 0 Å². The van der Waals surface area contributed by atoms with E-state index in [4.69, 9.17) is 9.47 Å². The molecule has 1 N–H and O–H groups in total. The zero-order valence-corrected chi connectivity index (χ0v) is 13.3. The van der Waals surface area contributed by atoms with Gasteiger partial charge < -0.3 is 14.8 Å². The Morgan fingerprint density at radius 1 is 1.00 bits per heavy atom. The van der Waals surface area contributed by atoms with E-state index in [2.05, 4.69) is 5.32 Å². The standard InChI is InChI=1S/C18H21NO3/c1-12-5-7-14(8-6-12)13(2)19-18(20)15-9-16(21-3)11-17(10-15)22-4/h5-11,13H,1-4H3,(H,19,20)/t13-/m0/s1. The molecule has 0 fully saturated rings. The number of carbonyl (C=O) groups excluding carboxylic acids is 1. The Morgan fingerprint density at radius 3 is 2.05 bits per heavy atom. The third-order valence-electron chi connectivity index (χ3n) is 3.54. The summed E-state index contributed by atoms with van der Waals surface area (Å²) in [6, 6.07) is 13.2. The first-order chi connectivity index (χ1) is 10.5. The topological polar surface area (TPSA) is 47.6 Å². The second-order valence-corrected chi connectivity index (χ2v) is 5.21. The molecule has 0 saturated carbocycles. The van der Waals surface area contributed by atoms with Crippen molar-refractivity contribution in [1.82, 2.24) is 5.32 Å². The highest BCUT2D eigenvalue weighted by molar-refractivity contribution is 5.95. The van der Waals surface area contributed by atoms with Crippen LogP contribution in [0.3, 0.4) is 0 Å². The van der Waals surface area contributed by atoms with Gasteiger partial charge in [0.1, 0.15) is 11.5 Å². The largest absolute Gasteiger partial charge is 0.497 e. The van der Waals surface area contributed by atoms with Crippen LogP contribution >= 0.6 is 0 Å². The highest BCUT2D eigenvalue weighted by atomic mass is 16.5. The molecular weight excluding hydrogens is 278 g/mol. The van der Waals surface area contributed by atoms with Gasteiger partial charge >= 0.3 is 0 Å². The first-order valence-electron chi connectivity index (χ1n) is 7.14. The van der Waals surface area contributed by atoms with Crippen molar-refractivity contribution in [3.05, 3.63) is 59.2 Å². The minimum absolute atomic E-state index is 0.0784. The number of nitrogens with one attached hydrogen (secondary N) is 1. The fraction of sp³-hybridized carbons (Fsp3) is 0.278. The fourth-order valence-corrected chi connectivity index (χ4v) is 2.16. The number of hydrogen-bond donors (Lipinski definition) is 1. The van der Waals surface area contributed by atoms with Crippen molar-refractivity contribution in [2.45, 2.75) is 19.9 Å². The van der Waals surface area contributed by atoms with Crippen LogP contribution in [0.15, 0.2) is 42.5 Å². The molecule has 116 valence electrons. The molecular formula is C18H21NO3. The van der Waals surface area contributed by atoms with Crippen molar-refractivity contribution >= 4 is 5.91 Å². The van der Waals surface area contributed by atoms with E-state index in [1.165, 1.54) is 5.56 Å². The maximum absolute atomic E-state index is 12.4. The molecule has 0 radical (unpaired) electrons. The van der Waals surface area contributed by atoms with Gasteiger partial charge in [-0.25, -0.2) is 0 Å². The first kappa shape index (κ1) is 15.9. The van der Waals surface area contributed by atoms with Gasteiger partial charge in [-0.05, 0) is 31.5 Å². The van der Waals surface area contributed by atoms with Gasteiger partial charge in [0.15, 0.2) is 0 Å². The summed E-state index contributed by atoms with van der Waals surface area (Å²) in [5.74, 6) is 1.02. The predicted molar refractivity (Wildman–Crippen MR) is 86.6 cm³/mol. The Balaban J connectivity index is 2.16. The third-order valence-corrected chi connectivity index (χ3v) is 3.54. The number of hydrogen-bond acceptors (Lipinski definition) is 3. The molecule has 0 aromatic heterocycles. The Morgan fingerprint density at radius 2 is 1.55 bits per heavy atom. The molecule has 0 aliphatic rings. The SMILES string of the molecule is COc1cc(OC)cc(C(=O)N[C@@H](C)c2ccc(C)cc2)c1. The molecule has 4 nitrogen and oxygen atoms in total. The smallest absolute Gasteiger partial charge is 0.252 e. The van der Waals surface area contributed by atoms with Crippen molar-refractivity contribution in [1.29, 1.82) is 0 Å². The maximum Gasteiger partial charge on any atom is 0.252 e. The van der Waals surface area contributed by atoms with Gasteiger partial charge in [-0.1, -0.05) is 29.8 Å². The quantitative estimate of drug-likeness (QED) is 0.919. The number of aryl methyl sites for hydroxylation is 1. The van der Waals surface area contributed by atoms with Crippen molar-refractivity contribution < 1.29 is 14.3 Å². The highest BCUT2D eigenvalue weighted by Crippen LogP contribution is 2.23. The van der Waals surface area contributed by atoms with E-state index >= 15 is 0 Å². The minimum atomic E-state index is -0.162. The van der Waals surface area contributed by atoms with Crippen LogP contribution < -0.4 is 14.8 Å². The number of ether oxygens (including phenoxy) is 2. The van der Waals surface area contributed by atoms with Gasteiger partial charge in [0.25, 0.3) is 5.91 Å². The minimum Gasteiger partial charge on any atom is -0.497 e. The number of rotatable bonds is 5. The molecule has 0 bridgehead atoms. The summed E-state index contributed by atoms with van der Waals surface area (Å²) in [5, 5.41) is 2.98. The van der Waals surface area contributed by atoms with Crippen molar-refractivity contribution in [2.75, 3.05) is 14.2 Å². The number of carbonyl (C=O) groups is 1. The number of amides is 1. The zero-order valence-electron chi connectivity index (χ0n) is 13.3. The first-order valence-corrected chi connectivity index (χ1v) is 7.14. The van der Waals surface area contributed by atoms with Crippen molar-refractivity contribution in [3.63, 3.8) is 0 Å². The third kappa shape index (κ3) is 3.79. The lowest BCUT2D eigenvalue weighted by molar-refractivity contribution is 0.0939. The van der Waals surface area contributed by atoms with Crippen LogP contribution in [0.4, 0.5) is 0 Å². The van der Waals surface area contributed by atoms with Gasteiger partial charge in [0, 0.05) is 11.6 Å². The van der Waals surface area contributed by atoms with Gasteiger partial charge in [0.05, 0.1) is 20.3 Å². The van der Waals surface area contributed by atoms with Crippen molar-refractivity contribution in [3.8, 4) is 11.5 Å². The van der Waals surface area contributed by atoms with Crippen LogP contribution in [0.1, 0.15) is 34.5 Å². The van der Waals surface area contributed by atoms with Gasteiger partial charge in [-0.3, -0.25) is 4.79 Å². The summed E-state index contributed by atoms with van der Waals surface area (Å²) >= 11 is 0. The lowest BCUT2D eigenvalue weighted by Gasteiger charge is -2.15. The number of methoxy groups -OCH3 is 2. The van der Waals surface area contributed by atoms with E-state index in [-0.39, 0.29) is 11.9 Å². The highest BCUT2D eigenvalue weighted by Gasteiger charge is 2.13.